The molecule has 4 aromatic rings. The van der Waals surface area contributed by atoms with E-state index in [1.54, 1.807) is 12.1 Å². The van der Waals surface area contributed by atoms with E-state index in [1.165, 1.54) is 78.1 Å². The van der Waals surface area contributed by atoms with Gasteiger partial charge in [0.1, 0.15) is 11.5 Å². The van der Waals surface area contributed by atoms with Crippen LogP contribution in [0.2, 0.25) is 0 Å². The average Bonchev–Trinajstić information content (AvgIpc) is 3.31. The summed E-state index contributed by atoms with van der Waals surface area (Å²) in [6.07, 6.45) is -4.92. The van der Waals surface area contributed by atoms with Gasteiger partial charge < -0.3 is 24.7 Å². The standard InChI is InChI=1S/C31H29F3N4O7S/c1-19-26(29(35)40)15-27(38(19)17-21-4-3-5-24(14-21)45-31(32,33)34)28(39)18-37(30(41)22-8-10-23(44-2)11-9-22)16-20-6-12-25(13-7-20)46(36,42)43/h3-15H,16-18H2,1-2H3,(H2,35,40)(H2,36,42,43). The van der Waals surface area contributed by atoms with Gasteiger partial charge in [0.25, 0.3) is 11.8 Å². The molecule has 0 radical (unpaired) electrons. The van der Waals surface area contributed by atoms with Crippen molar-refractivity contribution in [2.24, 2.45) is 10.9 Å². The first-order valence-corrected chi connectivity index (χ1v) is 15.0. The second-order valence-electron chi connectivity index (χ2n) is 10.2. The number of benzene rings is 3. The Morgan fingerprint density at radius 1 is 0.913 bits per heavy atom. The molecule has 1 aromatic heterocycles. The lowest BCUT2D eigenvalue weighted by atomic mass is 10.1. The number of hydrogen-bond acceptors (Lipinski definition) is 7. The van der Waals surface area contributed by atoms with Crippen LogP contribution in [0.3, 0.4) is 0 Å². The monoisotopic (exact) mass is 658 g/mol. The molecule has 0 fully saturated rings. The van der Waals surface area contributed by atoms with Gasteiger partial charge in [0.2, 0.25) is 10.0 Å². The molecule has 11 nitrogen and oxygen atoms in total. The summed E-state index contributed by atoms with van der Waals surface area (Å²) in [5.74, 6) is -1.97. The molecule has 0 aliphatic heterocycles. The Morgan fingerprint density at radius 3 is 2.13 bits per heavy atom. The molecule has 3 aromatic carbocycles. The van der Waals surface area contributed by atoms with Gasteiger partial charge in [0, 0.05) is 24.3 Å². The Morgan fingerprint density at radius 2 is 1.57 bits per heavy atom. The molecule has 15 heteroatoms. The molecular weight excluding hydrogens is 629 g/mol. The van der Waals surface area contributed by atoms with Crippen LogP contribution in [-0.4, -0.2) is 55.5 Å². The predicted molar refractivity (Wildman–Crippen MR) is 160 cm³/mol. The number of halogens is 3. The van der Waals surface area contributed by atoms with E-state index in [-0.39, 0.29) is 40.5 Å². The number of Topliss-reactive ketones (excluding diaryl/α,β-unsaturated/α-hetero) is 1. The van der Waals surface area contributed by atoms with E-state index in [4.69, 9.17) is 15.6 Å². The summed E-state index contributed by atoms with van der Waals surface area (Å²) >= 11 is 0. The lowest BCUT2D eigenvalue weighted by Gasteiger charge is -2.23. The Hall–Kier alpha value is -5.15. The predicted octanol–water partition coefficient (Wildman–Crippen LogP) is 4.02. The number of ketones is 1. The minimum Gasteiger partial charge on any atom is -0.497 e. The van der Waals surface area contributed by atoms with E-state index in [0.717, 1.165) is 12.1 Å². The second kappa shape index (κ2) is 13.5. The summed E-state index contributed by atoms with van der Waals surface area (Å²) in [5, 5.41) is 5.19. The molecule has 0 atom stereocenters. The number of aromatic nitrogens is 1. The average molecular weight is 659 g/mol. The van der Waals surface area contributed by atoms with Crippen molar-refractivity contribution in [1.29, 1.82) is 0 Å². The summed E-state index contributed by atoms with van der Waals surface area (Å²) in [5.41, 5.74) is 6.84. The number of primary sulfonamides is 1. The number of carbonyl (C=O) groups is 3. The van der Waals surface area contributed by atoms with E-state index < -0.39 is 46.3 Å². The van der Waals surface area contributed by atoms with Crippen LogP contribution in [0.15, 0.2) is 83.8 Å². The largest absolute Gasteiger partial charge is 0.573 e. The van der Waals surface area contributed by atoms with E-state index >= 15 is 0 Å². The Labute approximate surface area is 262 Å². The van der Waals surface area contributed by atoms with Crippen LogP contribution in [0.5, 0.6) is 11.5 Å². The van der Waals surface area contributed by atoms with Crippen molar-refractivity contribution in [2.45, 2.75) is 31.3 Å². The summed E-state index contributed by atoms with van der Waals surface area (Å²) in [6.45, 7) is 0.776. The van der Waals surface area contributed by atoms with Gasteiger partial charge >= 0.3 is 6.36 Å². The maximum Gasteiger partial charge on any atom is 0.573 e. The smallest absolute Gasteiger partial charge is 0.497 e. The topological polar surface area (TPSA) is 164 Å². The number of ether oxygens (including phenoxy) is 2. The first-order chi connectivity index (χ1) is 21.6. The van der Waals surface area contributed by atoms with E-state index in [0.29, 0.717) is 16.9 Å². The lowest BCUT2D eigenvalue weighted by Crippen LogP contribution is -2.36. The fraction of sp³-hybridized carbons (Fsp3) is 0.194. The van der Waals surface area contributed by atoms with Gasteiger partial charge in [0.15, 0.2) is 5.78 Å². The van der Waals surface area contributed by atoms with Crippen LogP contribution in [0.1, 0.15) is 48.0 Å². The second-order valence-corrected chi connectivity index (χ2v) is 11.7. The molecule has 0 unspecified atom stereocenters. The molecule has 0 saturated heterocycles. The van der Waals surface area contributed by atoms with Crippen molar-refractivity contribution in [2.75, 3.05) is 13.7 Å². The number of rotatable bonds is 12. The van der Waals surface area contributed by atoms with Gasteiger partial charge in [-0.05, 0) is 72.6 Å². The van der Waals surface area contributed by atoms with Crippen LogP contribution < -0.4 is 20.3 Å². The summed E-state index contributed by atoms with van der Waals surface area (Å²) < 4.78 is 72.4. The molecule has 0 bridgehead atoms. The number of hydrogen-bond donors (Lipinski definition) is 2. The number of amides is 2. The quantitative estimate of drug-likeness (QED) is 0.217. The molecule has 4 N–H and O–H groups in total. The molecule has 0 aliphatic rings. The fourth-order valence-corrected chi connectivity index (χ4v) is 5.24. The minimum atomic E-state index is -4.92. The zero-order chi connectivity index (χ0) is 33.8. The fourth-order valence-electron chi connectivity index (χ4n) is 4.73. The third kappa shape index (κ3) is 8.31. The zero-order valence-corrected chi connectivity index (χ0v) is 25.4. The van der Waals surface area contributed by atoms with Crippen molar-refractivity contribution in [3.05, 3.63) is 113 Å². The highest BCUT2D eigenvalue weighted by atomic mass is 32.2. The summed E-state index contributed by atoms with van der Waals surface area (Å²) in [4.78, 5) is 40.8. The lowest BCUT2D eigenvalue weighted by molar-refractivity contribution is -0.274. The summed E-state index contributed by atoms with van der Waals surface area (Å²) in [6, 6.07) is 18.0. The molecule has 46 heavy (non-hydrogen) atoms. The number of carbonyl (C=O) groups excluding carboxylic acids is 3. The van der Waals surface area contributed by atoms with Crippen molar-refractivity contribution >= 4 is 27.6 Å². The summed E-state index contributed by atoms with van der Waals surface area (Å²) in [7, 11) is -2.51. The number of sulfonamides is 1. The van der Waals surface area contributed by atoms with Gasteiger partial charge in [-0.3, -0.25) is 14.4 Å². The SMILES string of the molecule is COc1ccc(C(=O)N(CC(=O)c2cc(C(N)=O)c(C)n2Cc2cccc(OC(F)(F)F)c2)Cc2ccc(S(N)(=O)=O)cc2)cc1. The van der Waals surface area contributed by atoms with E-state index in [1.807, 2.05) is 0 Å². The molecule has 0 spiro atoms. The number of nitrogens with zero attached hydrogens (tertiary/aromatic N) is 2. The van der Waals surface area contributed by atoms with Crippen LogP contribution in [0, 0.1) is 6.92 Å². The molecule has 242 valence electrons. The van der Waals surface area contributed by atoms with Gasteiger partial charge in [-0.2, -0.15) is 0 Å². The third-order valence-electron chi connectivity index (χ3n) is 6.97. The first-order valence-electron chi connectivity index (χ1n) is 13.5. The van der Waals surface area contributed by atoms with E-state index in [9.17, 15) is 36.0 Å². The number of nitrogens with two attached hydrogens (primary N) is 2. The van der Waals surface area contributed by atoms with Gasteiger partial charge in [-0.15, -0.1) is 13.2 Å². The van der Waals surface area contributed by atoms with Gasteiger partial charge in [-0.1, -0.05) is 24.3 Å². The van der Waals surface area contributed by atoms with Crippen molar-refractivity contribution < 1.29 is 45.4 Å². The zero-order valence-electron chi connectivity index (χ0n) is 24.6. The third-order valence-corrected chi connectivity index (χ3v) is 7.90. The molecule has 1 heterocycles. The maximum absolute atomic E-state index is 13.9. The van der Waals surface area contributed by atoms with Crippen LogP contribution in [0.25, 0.3) is 0 Å². The highest BCUT2D eigenvalue weighted by molar-refractivity contribution is 7.89. The van der Waals surface area contributed by atoms with Crippen LogP contribution in [-0.2, 0) is 23.1 Å². The Kier molecular flexibility index (Phi) is 9.87. The molecular formula is C31H29F3N4O7S. The van der Waals surface area contributed by atoms with Crippen molar-refractivity contribution in [1.82, 2.24) is 9.47 Å². The number of primary amides is 1. The molecule has 0 aliphatic carbocycles. The van der Waals surface area contributed by atoms with Gasteiger partial charge in [0.05, 0.1) is 29.8 Å². The van der Waals surface area contributed by atoms with Crippen LogP contribution >= 0.6 is 0 Å². The van der Waals surface area contributed by atoms with Gasteiger partial charge in [-0.25, -0.2) is 13.6 Å². The van der Waals surface area contributed by atoms with E-state index in [2.05, 4.69) is 4.74 Å². The molecule has 0 saturated carbocycles. The van der Waals surface area contributed by atoms with Crippen molar-refractivity contribution in [3.8, 4) is 11.5 Å². The maximum atomic E-state index is 13.9. The first kappa shape index (κ1) is 33.7. The van der Waals surface area contributed by atoms with Crippen molar-refractivity contribution in [3.63, 3.8) is 0 Å². The van der Waals surface area contributed by atoms with Crippen LogP contribution in [0.4, 0.5) is 13.2 Å². The normalized spacial score (nSPS) is 11.6. The molecule has 4 rings (SSSR count). The molecule has 2 amide bonds. The minimum absolute atomic E-state index is 0.0117. The number of alkyl halides is 3. The number of methoxy groups -OCH3 is 1. The Balaban J connectivity index is 1.70. The highest BCUT2D eigenvalue weighted by Gasteiger charge is 2.31. The Bertz CT molecular complexity index is 1870. The highest BCUT2D eigenvalue weighted by Crippen LogP contribution is 2.26.